The fraction of sp³-hybridized carbons (Fsp3) is 0.261. The minimum Gasteiger partial charge on any atom is -0.493 e. The lowest BCUT2D eigenvalue weighted by molar-refractivity contribution is 0.0999. The smallest absolute Gasteiger partial charge is 0.250 e. The summed E-state index contributed by atoms with van der Waals surface area (Å²) in [6, 6.07) is 13.8. The van der Waals surface area contributed by atoms with Gasteiger partial charge in [0.25, 0.3) is 5.91 Å². The Morgan fingerprint density at radius 1 is 0.931 bits per heavy atom. The van der Waals surface area contributed by atoms with Crippen molar-refractivity contribution in [3.63, 3.8) is 0 Å². The summed E-state index contributed by atoms with van der Waals surface area (Å²) in [7, 11) is 4.75. The van der Waals surface area contributed by atoms with E-state index in [2.05, 4.69) is 4.57 Å². The van der Waals surface area contributed by atoms with Crippen molar-refractivity contribution in [2.45, 2.75) is 20.4 Å². The van der Waals surface area contributed by atoms with Gasteiger partial charge in [-0.1, -0.05) is 29.8 Å². The molecule has 0 saturated carbocycles. The van der Waals surface area contributed by atoms with Gasteiger partial charge in [-0.3, -0.25) is 4.79 Å². The van der Waals surface area contributed by atoms with Gasteiger partial charge in [-0.05, 0) is 43.2 Å². The summed E-state index contributed by atoms with van der Waals surface area (Å²) < 4.78 is 18.4. The predicted molar refractivity (Wildman–Crippen MR) is 113 cm³/mol. The number of rotatable bonds is 7. The number of carbonyl (C=O) groups is 1. The zero-order chi connectivity index (χ0) is 21.1. The van der Waals surface area contributed by atoms with E-state index < -0.39 is 5.91 Å². The molecule has 0 radical (unpaired) electrons. The first kappa shape index (κ1) is 20.3. The van der Waals surface area contributed by atoms with Crippen LogP contribution in [0.5, 0.6) is 17.2 Å². The highest BCUT2D eigenvalue weighted by molar-refractivity contribution is 5.95. The van der Waals surface area contributed by atoms with E-state index in [4.69, 9.17) is 19.9 Å². The topological polar surface area (TPSA) is 75.7 Å². The van der Waals surface area contributed by atoms with Crippen LogP contribution in [0.4, 0.5) is 0 Å². The number of hydrogen-bond acceptors (Lipinski definition) is 4. The lowest BCUT2D eigenvalue weighted by atomic mass is 10.1. The quantitative estimate of drug-likeness (QED) is 0.658. The number of aryl methyl sites for hydroxylation is 1. The Bertz CT molecular complexity index is 1010. The summed E-state index contributed by atoms with van der Waals surface area (Å²) >= 11 is 0. The van der Waals surface area contributed by atoms with Crippen LogP contribution in [0.15, 0.2) is 42.5 Å². The van der Waals surface area contributed by atoms with E-state index in [0.29, 0.717) is 29.4 Å². The van der Waals surface area contributed by atoms with Gasteiger partial charge in [-0.25, -0.2) is 0 Å². The van der Waals surface area contributed by atoms with Crippen molar-refractivity contribution in [1.29, 1.82) is 0 Å². The third-order valence-electron chi connectivity index (χ3n) is 5.04. The fourth-order valence-corrected chi connectivity index (χ4v) is 3.47. The van der Waals surface area contributed by atoms with Crippen LogP contribution >= 0.6 is 0 Å². The highest BCUT2D eigenvalue weighted by Gasteiger charge is 2.19. The first-order chi connectivity index (χ1) is 13.9. The summed E-state index contributed by atoms with van der Waals surface area (Å²) in [4.78, 5) is 12.0. The molecule has 6 nitrogen and oxygen atoms in total. The maximum absolute atomic E-state index is 12.0. The average Bonchev–Trinajstić information content (AvgIpc) is 3.04. The molecule has 152 valence electrons. The van der Waals surface area contributed by atoms with Gasteiger partial charge in [0, 0.05) is 17.9 Å². The molecule has 0 saturated heterocycles. The van der Waals surface area contributed by atoms with E-state index in [9.17, 15) is 4.79 Å². The number of methoxy groups -OCH3 is 3. The first-order valence-corrected chi connectivity index (χ1v) is 9.25. The van der Waals surface area contributed by atoms with Gasteiger partial charge in [0.05, 0.1) is 26.9 Å². The standard InChI is InChI=1S/C23H26N2O4/c1-14-6-8-17(9-7-14)19-12-18(23(24)26)15(2)25(19)13-16-10-20(27-3)22(29-5)21(11-16)28-4/h6-12H,13H2,1-5H3,(H2,24,26). The highest BCUT2D eigenvalue weighted by atomic mass is 16.5. The summed E-state index contributed by atoms with van der Waals surface area (Å²) in [6.45, 7) is 4.45. The molecule has 0 aliphatic carbocycles. The van der Waals surface area contributed by atoms with Crippen molar-refractivity contribution in [1.82, 2.24) is 4.57 Å². The molecule has 0 unspecified atom stereocenters. The van der Waals surface area contributed by atoms with Gasteiger partial charge in [0.1, 0.15) is 0 Å². The Kier molecular flexibility index (Phi) is 5.82. The Morgan fingerprint density at radius 2 is 1.52 bits per heavy atom. The third kappa shape index (κ3) is 3.92. The Labute approximate surface area is 170 Å². The number of benzene rings is 2. The number of primary amides is 1. The average molecular weight is 394 g/mol. The van der Waals surface area contributed by atoms with Crippen LogP contribution < -0.4 is 19.9 Å². The van der Waals surface area contributed by atoms with Crippen molar-refractivity contribution in [2.75, 3.05) is 21.3 Å². The minimum atomic E-state index is -0.445. The molecule has 1 heterocycles. The van der Waals surface area contributed by atoms with E-state index in [1.165, 1.54) is 5.56 Å². The molecule has 1 aromatic heterocycles. The molecule has 0 atom stereocenters. The van der Waals surface area contributed by atoms with Gasteiger partial charge in [0.2, 0.25) is 5.75 Å². The lowest BCUT2D eigenvalue weighted by Gasteiger charge is -2.17. The van der Waals surface area contributed by atoms with E-state index in [1.807, 2.05) is 56.3 Å². The van der Waals surface area contributed by atoms with Crippen LogP contribution in [0, 0.1) is 13.8 Å². The van der Waals surface area contributed by atoms with Crippen molar-refractivity contribution >= 4 is 5.91 Å². The molecule has 3 aromatic rings. The fourth-order valence-electron chi connectivity index (χ4n) is 3.47. The normalized spacial score (nSPS) is 10.7. The zero-order valence-electron chi connectivity index (χ0n) is 17.4. The van der Waals surface area contributed by atoms with Crippen LogP contribution in [-0.2, 0) is 6.54 Å². The molecule has 0 spiro atoms. The predicted octanol–water partition coefficient (Wildman–Crippen LogP) is 3.94. The molecule has 29 heavy (non-hydrogen) atoms. The first-order valence-electron chi connectivity index (χ1n) is 9.25. The molecule has 2 aromatic carbocycles. The Hall–Kier alpha value is -3.41. The monoisotopic (exact) mass is 394 g/mol. The zero-order valence-corrected chi connectivity index (χ0v) is 17.4. The largest absolute Gasteiger partial charge is 0.493 e. The summed E-state index contributed by atoms with van der Waals surface area (Å²) in [6.07, 6.45) is 0. The maximum Gasteiger partial charge on any atom is 0.250 e. The molecule has 2 N–H and O–H groups in total. The number of nitrogens with zero attached hydrogens (tertiary/aromatic N) is 1. The molecule has 0 bridgehead atoms. The van der Waals surface area contributed by atoms with Gasteiger partial charge in [-0.2, -0.15) is 0 Å². The van der Waals surface area contributed by atoms with Crippen LogP contribution in [0.3, 0.4) is 0 Å². The maximum atomic E-state index is 12.0. The molecular formula is C23H26N2O4. The van der Waals surface area contributed by atoms with Crippen molar-refractivity contribution in [3.8, 4) is 28.5 Å². The molecule has 0 aliphatic rings. The summed E-state index contributed by atoms with van der Waals surface area (Å²) in [5.41, 5.74) is 11.0. The molecule has 6 heteroatoms. The number of nitrogens with two attached hydrogens (primary N) is 1. The van der Waals surface area contributed by atoms with Crippen LogP contribution in [0.25, 0.3) is 11.3 Å². The molecule has 0 fully saturated rings. The number of hydrogen-bond donors (Lipinski definition) is 1. The number of amides is 1. The molecular weight excluding hydrogens is 368 g/mol. The van der Waals surface area contributed by atoms with E-state index in [1.54, 1.807) is 21.3 Å². The number of carbonyl (C=O) groups excluding carboxylic acids is 1. The SMILES string of the molecule is COc1cc(Cn2c(-c3ccc(C)cc3)cc(C(N)=O)c2C)cc(OC)c1OC. The van der Waals surface area contributed by atoms with Gasteiger partial charge < -0.3 is 24.5 Å². The highest BCUT2D eigenvalue weighted by Crippen LogP contribution is 2.39. The molecule has 3 rings (SSSR count). The van der Waals surface area contributed by atoms with Crippen LogP contribution in [-0.4, -0.2) is 31.8 Å². The van der Waals surface area contributed by atoms with Crippen LogP contribution in [0.1, 0.15) is 27.2 Å². The minimum absolute atomic E-state index is 0.445. The number of aromatic nitrogens is 1. The van der Waals surface area contributed by atoms with Gasteiger partial charge >= 0.3 is 0 Å². The summed E-state index contributed by atoms with van der Waals surface area (Å²) in [5, 5.41) is 0. The van der Waals surface area contributed by atoms with Gasteiger partial charge in [-0.15, -0.1) is 0 Å². The van der Waals surface area contributed by atoms with Crippen LogP contribution in [0.2, 0.25) is 0 Å². The van der Waals surface area contributed by atoms with E-state index in [0.717, 1.165) is 22.5 Å². The Balaban J connectivity index is 2.14. The lowest BCUT2D eigenvalue weighted by Crippen LogP contribution is -2.13. The van der Waals surface area contributed by atoms with Crippen molar-refractivity contribution in [3.05, 3.63) is 64.8 Å². The second kappa shape index (κ2) is 8.31. The van der Waals surface area contributed by atoms with Crippen molar-refractivity contribution < 1.29 is 19.0 Å². The third-order valence-corrected chi connectivity index (χ3v) is 5.04. The summed E-state index contributed by atoms with van der Waals surface area (Å²) in [5.74, 6) is 1.26. The number of ether oxygens (including phenoxy) is 3. The molecule has 0 aliphatic heterocycles. The van der Waals surface area contributed by atoms with E-state index in [-0.39, 0.29) is 0 Å². The second-order valence-electron chi connectivity index (χ2n) is 6.88. The van der Waals surface area contributed by atoms with Gasteiger partial charge in [0.15, 0.2) is 11.5 Å². The van der Waals surface area contributed by atoms with E-state index >= 15 is 0 Å². The second-order valence-corrected chi connectivity index (χ2v) is 6.88. The van der Waals surface area contributed by atoms with Crippen molar-refractivity contribution in [2.24, 2.45) is 5.73 Å². The Morgan fingerprint density at radius 3 is 2.00 bits per heavy atom. The molecule has 1 amide bonds.